The van der Waals surface area contributed by atoms with E-state index in [-0.39, 0.29) is 53.8 Å². The zero-order valence-electron chi connectivity index (χ0n) is 25.0. The van der Waals surface area contributed by atoms with Gasteiger partial charge in [-0.1, -0.05) is 18.2 Å². The molecule has 2 saturated carbocycles. The van der Waals surface area contributed by atoms with Crippen LogP contribution in [0.5, 0.6) is 5.75 Å². The third-order valence-corrected chi connectivity index (χ3v) is 14.0. The molecule has 256 valence electrons. The summed E-state index contributed by atoms with van der Waals surface area (Å²) in [6, 6.07) is 7.52. The number of halogens is 8. The Hall–Kier alpha value is -2.56. The molecule has 0 bridgehead atoms. The fraction of sp³-hybridized carbons (Fsp3) is 0.531. The Morgan fingerprint density at radius 3 is 2.13 bits per heavy atom. The van der Waals surface area contributed by atoms with E-state index in [0.29, 0.717) is 25.0 Å². The zero-order valence-corrected chi connectivity index (χ0v) is 27.9. The van der Waals surface area contributed by atoms with Crippen molar-refractivity contribution in [3.05, 3.63) is 68.9 Å². The van der Waals surface area contributed by atoms with Gasteiger partial charge in [0.1, 0.15) is 10.5 Å². The quantitative estimate of drug-likeness (QED) is 0.238. The number of piperidine rings is 1. The molecule has 2 atom stereocenters. The van der Waals surface area contributed by atoms with Crippen LogP contribution < -0.4 is 4.74 Å². The number of carbonyl (C=O) groups is 1. The van der Waals surface area contributed by atoms with Gasteiger partial charge in [0.15, 0.2) is 9.84 Å². The van der Waals surface area contributed by atoms with Crippen molar-refractivity contribution in [1.29, 1.82) is 0 Å². The molecule has 2 aliphatic carbocycles. The molecule has 6 rings (SSSR count). The summed E-state index contributed by atoms with van der Waals surface area (Å²) in [4.78, 5) is 13.3. The van der Waals surface area contributed by atoms with Gasteiger partial charge < -0.3 is 14.7 Å². The highest BCUT2D eigenvalue weighted by molar-refractivity contribution is 14.1. The maximum absolute atomic E-state index is 15.0. The van der Waals surface area contributed by atoms with Gasteiger partial charge in [-0.25, -0.2) is 12.8 Å². The summed E-state index contributed by atoms with van der Waals surface area (Å²) < 4.78 is 131. The van der Waals surface area contributed by atoms with E-state index in [0.717, 1.165) is 28.2 Å². The van der Waals surface area contributed by atoms with E-state index in [2.05, 4.69) is 4.90 Å². The van der Waals surface area contributed by atoms with Gasteiger partial charge >= 0.3 is 24.0 Å². The summed E-state index contributed by atoms with van der Waals surface area (Å²) in [5.74, 6) is -2.34. The summed E-state index contributed by atoms with van der Waals surface area (Å²) >= 11 is 2.00. The van der Waals surface area contributed by atoms with Crippen LogP contribution >= 0.6 is 22.6 Å². The molecule has 0 aromatic heterocycles. The van der Waals surface area contributed by atoms with Crippen molar-refractivity contribution in [2.24, 2.45) is 23.2 Å². The number of likely N-dealkylation sites (tertiary alicyclic amines) is 1. The number of hydrogen-bond acceptors (Lipinski definition) is 5. The van der Waals surface area contributed by atoms with Crippen LogP contribution in [-0.2, 0) is 25.0 Å². The third-order valence-electron chi connectivity index (χ3n) is 10.7. The molecule has 1 spiro atoms. The van der Waals surface area contributed by atoms with Gasteiger partial charge in [-0.3, -0.25) is 4.79 Å². The van der Waals surface area contributed by atoms with Gasteiger partial charge in [0.2, 0.25) is 0 Å². The van der Waals surface area contributed by atoms with Crippen molar-refractivity contribution in [3.8, 4) is 5.75 Å². The molecule has 2 heterocycles. The van der Waals surface area contributed by atoms with Crippen LogP contribution in [0.15, 0.2) is 59.1 Å². The highest BCUT2D eigenvalue weighted by Crippen LogP contribution is 2.64. The fourth-order valence-corrected chi connectivity index (χ4v) is 11.0. The van der Waals surface area contributed by atoms with E-state index in [1.807, 2.05) is 35.6 Å². The second-order valence-corrected chi connectivity index (χ2v) is 16.6. The number of allylic oxidation sites excluding steroid dienone is 2. The first kappa shape index (κ1) is 34.3. The number of carboxylic acid groups (broad SMARTS) is 1. The maximum Gasteiger partial charge on any atom is 0.435 e. The lowest BCUT2D eigenvalue weighted by molar-refractivity contribution is -0.348. The van der Waals surface area contributed by atoms with Crippen molar-refractivity contribution in [2.75, 3.05) is 19.7 Å². The van der Waals surface area contributed by atoms with Crippen molar-refractivity contribution >= 4 is 38.4 Å². The molecule has 3 fully saturated rings. The van der Waals surface area contributed by atoms with Gasteiger partial charge in [-0.15, -0.1) is 0 Å². The molecule has 15 heteroatoms. The van der Waals surface area contributed by atoms with Gasteiger partial charge in [0.05, 0.1) is 17.4 Å². The molecule has 4 aliphatic rings. The Morgan fingerprint density at radius 1 is 0.979 bits per heavy atom. The van der Waals surface area contributed by atoms with Crippen LogP contribution in [0.4, 0.5) is 30.7 Å². The van der Waals surface area contributed by atoms with Crippen LogP contribution in [0.2, 0.25) is 0 Å². The van der Waals surface area contributed by atoms with E-state index in [1.165, 1.54) is 12.1 Å². The van der Waals surface area contributed by atoms with Crippen molar-refractivity contribution in [2.45, 2.75) is 66.7 Å². The molecular formula is C32H31F7INO5S. The number of carboxylic acids is 1. The molecule has 1 N–H and O–H groups in total. The zero-order chi connectivity index (χ0) is 34.4. The first-order valence-electron chi connectivity index (χ1n) is 15.0. The monoisotopic (exact) mass is 801 g/mol. The molecule has 0 radical (unpaired) electrons. The molecule has 47 heavy (non-hydrogen) atoms. The predicted octanol–water partition coefficient (Wildman–Crippen LogP) is 7.76. The Bertz CT molecular complexity index is 1700. The normalized spacial score (nSPS) is 29.7. The molecule has 0 amide bonds. The number of ether oxygens (including phenoxy) is 1. The van der Waals surface area contributed by atoms with Gasteiger partial charge in [-0.05, 0) is 103 Å². The number of rotatable bonds is 6. The molecule has 6 nitrogen and oxygen atoms in total. The van der Waals surface area contributed by atoms with Gasteiger partial charge in [-0.2, -0.15) is 26.3 Å². The topological polar surface area (TPSA) is 83.9 Å². The van der Waals surface area contributed by atoms with Crippen molar-refractivity contribution < 1.29 is 53.8 Å². The molecule has 2 aromatic carbocycles. The smallest absolute Gasteiger partial charge is 0.435 e. The number of benzene rings is 2. The number of sulfone groups is 1. The number of alkyl halides is 7. The predicted molar refractivity (Wildman–Crippen MR) is 164 cm³/mol. The Kier molecular flexibility index (Phi) is 8.20. The van der Waals surface area contributed by atoms with Crippen LogP contribution in [-0.4, -0.2) is 56.4 Å². The van der Waals surface area contributed by atoms with Crippen LogP contribution in [0.25, 0.3) is 0 Å². The Labute approximate surface area is 280 Å². The molecule has 1 saturated heterocycles. The second-order valence-electron chi connectivity index (χ2n) is 13.2. The highest BCUT2D eigenvalue weighted by atomic mass is 127. The lowest BCUT2D eigenvalue weighted by atomic mass is 9.47. The summed E-state index contributed by atoms with van der Waals surface area (Å²) in [5.41, 5.74) is -6.59. The van der Waals surface area contributed by atoms with E-state index < -0.39 is 55.8 Å². The van der Waals surface area contributed by atoms with Crippen molar-refractivity contribution in [1.82, 2.24) is 4.90 Å². The number of fused-ring (bicyclic) bond motifs is 3. The largest absolute Gasteiger partial charge is 0.493 e. The van der Waals surface area contributed by atoms with E-state index in [1.54, 1.807) is 12.1 Å². The van der Waals surface area contributed by atoms with E-state index >= 15 is 4.39 Å². The number of aliphatic carboxylic acids is 1. The first-order chi connectivity index (χ1) is 21.8. The highest BCUT2D eigenvalue weighted by Gasteiger charge is 2.74. The number of hydrogen-bond donors (Lipinski definition) is 1. The summed E-state index contributed by atoms with van der Waals surface area (Å²) in [5, 5.41) is 9.30. The summed E-state index contributed by atoms with van der Waals surface area (Å²) in [7, 11) is -4.34. The first-order valence-corrected chi connectivity index (χ1v) is 17.6. The lowest BCUT2D eigenvalue weighted by Crippen LogP contribution is -2.59. The minimum atomic E-state index is -6.34. The maximum atomic E-state index is 15.0. The average molecular weight is 802 g/mol. The van der Waals surface area contributed by atoms with Crippen molar-refractivity contribution in [3.63, 3.8) is 0 Å². The summed E-state index contributed by atoms with van der Waals surface area (Å²) in [6.45, 7) is 1.90. The molecule has 2 aliphatic heterocycles. The summed E-state index contributed by atoms with van der Waals surface area (Å²) in [6.07, 6.45) is -7.96. The fourth-order valence-electron chi connectivity index (χ4n) is 8.36. The minimum absolute atomic E-state index is 0.0151. The van der Waals surface area contributed by atoms with Crippen LogP contribution in [0, 0.1) is 26.7 Å². The third kappa shape index (κ3) is 5.14. The van der Waals surface area contributed by atoms with Crippen LogP contribution in [0.1, 0.15) is 50.2 Å². The van der Waals surface area contributed by atoms with E-state index in [4.69, 9.17) is 4.74 Å². The van der Waals surface area contributed by atoms with Gasteiger partial charge in [0.25, 0.3) is 0 Å². The van der Waals surface area contributed by atoms with Gasteiger partial charge in [0, 0.05) is 39.4 Å². The van der Waals surface area contributed by atoms with Crippen LogP contribution in [0.3, 0.4) is 0 Å². The Balaban J connectivity index is 1.37. The molecule has 2 unspecified atom stereocenters. The molecule has 2 aromatic rings. The second kappa shape index (κ2) is 11.2. The minimum Gasteiger partial charge on any atom is -0.493 e. The number of nitrogens with zero attached hydrogens (tertiary/aromatic N) is 1. The Morgan fingerprint density at radius 2 is 1.57 bits per heavy atom. The van der Waals surface area contributed by atoms with E-state index in [9.17, 15) is 44.7 Å². The standard InChI is InChI=1S/C32H31F7INO5S/c1-2-25(18-12-28(13-18)14-19(15-28)27(42)43)41-10-9-29(47(44,45)23-6-4-22(40)5-7-23)21(16-41)17-46-26-11-20(3-8-24(26)29)30(33,31(34,35)36)32(37,38)39/h2-8,11,18-19,21H,9-10,12-17H2,1H3,(H,42,43). The lowest BCUT2D eigenvalue weighted by Gasteiger charge is -2.59. The SMILES string of the molecule is CC=C(C1CC2(CC(C(=O)O)C2)C1)N1CCC2(S(=O)(=O)c3ccc(I)cc3)c3ccc(C(F)(C(F)(F)F)C(F)(F)F)cc3OCC2C1. The average Bonchev–Trinajstić information content (AvgIpc) is 2.95. The molecular weight excluding hydrogens is 770 g/mol.